The largest absolute Gasteiger partial charge is 0.467 e. The Labute approximate surface area is 113 Å². The van der Waals surface area contributed by atoms with Crippen LogP contribution >= 0.6 is 0 Å². The maximum Gasteiger partial charge on any atom is 0.328 e. The molecule has 0 spiro atoms. The SMILES string of the molecule is COC(=O)C(C)n1cccc1C(=O)C1CCCCC1. The van der Waals surface area contributed by atoms with Crippen LogP contribution < -0.4 is 0 Å². The van der Waals surface area contributed by atoms with Crippen LogP contribution in [0.2, 0.25) is 0 Å². The summed E-state index contributed by atoms with van der Waals surface area (Å²) in [5.41, 5.74) is 0.629. The van der Waals surface area contributed by atoms with Gasteiger partial charge in [0, 0.05) is 12.1 Å². The summed E-state index contributed by atoms with van der Waals surface area (Å²) < 4.78 is 6.47. The van der Waals surface area contributed by atoms with E-state index in [1.54, 1.807) is 23.8 Å². The van der Waals surface area contributed by atoms with E-state index in [-0.39, 0.29) is 17.7 Å². The molecule has 0 saturated heterocycles. The Kier molecular flexibility index (Phi) is 4.40. The highest BCUT2D eigenvalue weighted by molar-refractivity contribution is 5.97. The maximum atomic E-state index is 12.5. The van der Waals surface area contributed by atoms with Crippen molar-refractivity contribution in [1.29, 1.82) is 0 Å². The lowest BCUT2D eigenvalue weighted by molar-refractivity contribution is -0.144. The summed E-state index contributed by atoms with van der Waals surface area (Å²) in [6.45, 7) is 1.75. The molecule has 19 heavy (non-hydrogen) atoms. The van der Waals surface area contributed by atoms with Crippen molar-refractivity contribution in [2.75, 3.05) is 7.11 Å². The average molecular weight is 263 g/mol. The number of aromatic nitrogens is 1. The van der Waals surface area contributed by atoms with Crippen molar-refractivity contribution in [1.82, 2.24) is 4.57 Å². The van der Waals surface area contributed by atoms with Gasteiger partial charge in [0.15, 0.2) is 5.78 Å². The Bertz CT molecular complexity index is 458. The molecule has 1 aliphatic carbocycles. The van der Waals surface area contributed by atoms with E-state index in [0.717, 1.165) is 25.7 Å². The van der Waals surface area contributed by atoms with Gasteiger partial charge in [0.05, 0.1) is 12.8 Å². The molecule has 104 valence electrons. The summed E-state index contributed by atoms with van der Waals surface area (Å²) in [7, 11) is 1.37. The molecule has 0 radical (unpaired) electrons. The zero-order valence-electron chi connectivity index (χ0n) is 11.6. The molecule has 0 N–H and O–H groups in total. The normalized spacial score (nSPS) is 18.0. The number of methoxy groups -OCH3 is 1. The van der Waals surface area contributed by atoms with E-state index in [9.17, 15) is 9.59 Å². The number of carbonyl (C=O) groups excluding carboxylic acids is 2. The minimum atomic E-state index is -0.456. The number of ketones is 1. The van der Waals surface area contributed by atoms with Crippen molar-refractivity contribution in [2.24, 2.45) is 5.92 Å². The highest BCUT2D eigenvalue weighted by Crippen LogP contribution is 2.28. The molecule has 1 aliphatic rings. The van der Waals surface area contributed by atoms with Gasteiger partial charge in [0.25, 0.3) is 0 Å². The summed E-state index contributed by atoms with van der Waals surface area (Å²) in [6, 6.07) is 3.16. The molecule has 1 fully saturated rings. The van der Waals surface area contributed by atoms with Gasteiger partial charge in [0.2, 0.25) is 0 Å². The van der Waals surface area contributed by atoms with E-state index in [0.29, 0.717) is 5.69 Å². The van der Waals surface area contributed by atoms with Gasteiger partial charge in [-0.25, -0.2) is 4.79 Å². The van der Waals surface area contributed by atoms with E-state index >= 15 is 0 Å². The summed E-state index contributed by atoms with van der Waals surface area (Å²) in [5.74, 6) is -0.0402. The predicted molar refractivity (Wildman–Crippen MR) is 72.1 cm³/mol. The van der Waals surface area contributed by atoms with Crippen molar-refractivity contribution >= 4 is 11.8 Å². The molecule has 2 rings (SSSR count). The van der Waals surface area contributed by atoms with Crippen molar-refractivity contribution < 1.29 is 14.3 Å². The third kappa shape index (κ3) is 2.88. The Morgan fingerprint density at radius 3 is 2.63 bits per heavy atom. The molecule has 0 aliphatic heterocycles. The molecular formula is C15H21NO3. The first-order valence-electron chi connectivity index (χ1n) is 6.94. The third-order valence-electron chi connectivity index (χ3n) is 3.97. The molecule has 4 heteroatoms. The Hall–Kier alpha value is -1.58. The minimum absolute atomic E-state index is 0.118. The summed E-state index contributed by atoms with van der Waals surface area (Å²) in [6.07, 6.45) is 7.20. The smallest absolute Gasteiger partial charge is 0.328 e. The van der Waals surface area contributed by atoms with Crippen LogP contribution in [-0.2, 0) is 9.53 Å². The van der Waals surface area contributed by atoms with Gasteiger partial charge >= 0.3 is 5.97 Å². The van der Waals surface area contributed by atoms with Gasteiger partial charge in [-0.05, 0) is 31.9 Å². The number of rotatable bonds is 4. The van der Waals surface area contributed by atoms with E-state index in [2.05, 4.69) is 0 Å². The summed E-state index contributed by atoms with van der Waals surface area (Å²) in [5, 5.41) is 0. The molecule has 1 saturated carbocycles. The lowest BCUT2D eigenvalue weighted by Crippen LogP contribution is -2.25. The van der Waals surface area contributed by atoms with Crippen molar-refractivity contribution in [3.05, 3.63) is 24.0 Å². The molecule has 0 aromatic carbocycles. The highest BCUT2D eigenvalue weighted by Gasteiger charge is 2.27. The fourth-order valence-electron chi connectivity index (χ4n) is 2.80. The van der Waals surface area contributed by atoms with E-state index in [1.165, 1.54) is 13.5 Å². The standard InChI is InChI=1S/C15H21NO3/c1-11(15(18)19-2)16-10-6-9-13(16)14(17)12-7-4-3-5-8-12/h6,9-12H,3-5,7-8H2,1-2H3. The lowest BCUT2D eigenvalue weighted by atomic mass is 9.85. The highest BCUT2D eigenvalue weighted by atomic mass is 16.5. The van der Waals surface area contributed by atoms with Gasteiger partial charge in [-0.3, -0.25) is 4.79 Å². The number of ether oxygens (including phenoxy) is 1. The molecule has 1 atom stereocenters. The molecule has 1 aromatic heterocycles. The second-order valence-electron chi connectivity index (χ2n) is 5.20. The Balaban J connectivity index is 2.18. The number of hydrogen-bond acceptors (Lipinski definition) is 3. The van der Waals surface area contributed by atoms with Gasteiger partial charge in [-0.15, -0.1) is 0 Å². The molecule has 0 bridgehead atoms. The van der Waals surface area contributed by atoms with Gasteiger partial charge in [-0.2, -0.15) is 0 Å². The third-order valence-corrected chi connectivity index (χ3v) is 3.97. The fourth-order valence-corrected chi connectivity index (χ4v) is 2.80. The first-order chi connectivity index (χ1) is 9.15. The predicted octanol–water partition coefficient (Wildman–Crippen LogP) is 2.99. The van der Waals surface area contributed by atoms with Crippen molar-refractivity contribution in [3.8, 4) is 0 Å². The van der Waals surface area contributed by atoms with Gasteiger partial charge in [0.1, 0.15) is 6.04 Å². The molecule has 1 aromatic rings. The summed E-state index contributed by atoms with van der Waals surface area (Å²) in [4.78, 5) is 24.1. The molecule has 4 nitrogen and oxygen atoms in total. The van der Waals surface area contributed by atoms with Gasteiger partial charge in [-0.1, -0.05) is 19.3 Å². The number of carbonyl (C=O) groups is 2. The van der Waals surface area contributed by atoms with Crippen LogP contribution in [0.25, 0.3) is 0 Å². The Morgan fingerprint density at radius 1 is 1.32 bits per heavy atom. The van der Waals surface area contributed by atoms with Crippen LogP contribution in [0, 0.1) is 5.92 Å². The van der Waals surface area contributed by atoms with Crippen LogP contribution in [0.3, 0.4) is 0 Å². The fraction of sp³-hybridized carbons (Fsp3) is 0.600. The summed E-state index contributed by atoms with van der Waals surface area (Å²) >= 11 is 0. The topological polar surface area (TPSA) is 48.3 Å². The zero-order valence-corrected chi connectivity index (χ0v) is 11.6. The number of hydrogen-bond donors (Lipinski definition) is 0. The zero-order chi connectivity index (χ0) is 13.8. The first kappa shape index (κ1) is 13.8. The molecule has 0 amide bonds. The average Bonchev–Trinajstić information content (AvgIpc) is 2.95. The first-order valence-corrected chi connectivity index (χ1v) is 6.94. The molecule has 1 unspecified atom stereocenters. The van der Waals surface area contributed by atoms with Crippen LogP contribution in [0.15, 0.2) is 18.3 Å². The lowest BCUT2D eigenvalue weighted by Gasteiger charge is -2.22. The van der Waals surface area contributed by atoms with Crippen LogP contribution in [0.1, 0.15) is 55.6 Å². The second kappa shape index (κ2) is 6.04. The van der Waals surface area contributed by atoms with E-state index < -0.39 is 6.04 Å². The number of esters is 1. The molecule has 1 heterocycles. The quantitative estimate of drug-likeness (QED) is 0.620. The number of Topliss-reactive ketones (excluding diaryl/α,β-unsaturated/α-hetero) is 1. The van der Waals surface area contributed by atoms with Crippen molar-refractivity contribution in [3.63, 3.8) is 0 Å². The monoisotopic (exact) mass is 263 g/mol. The maximum absolute atomic E-state index is 12.5. The van der Waals surface area contributed by atoms with Crippen molar-refractivity contribution in [2.45, 2.75) is 45.1 Å². The van der Waals surface area contributed by atoms with E-state index in [4.69, 9.17) is 4.74 Å². The second-order valence-corrected chi connectivity index (χ2v) is 5.20. The van der Waals surface area contributed by atoms with Crippen LogP contribution in [0.5, 0.6) is 0 Å². The number of nitrogens with zero attached hydrogens (tertiary/aromatic N) is 1. The van der Waals surface area contributed by atoms with Crippen LogP contribution in [0.4, 0.5) is 0 Å². The van der Waals surface area contributed by atoms with E-state index in [1.807, 2.05) is 6.07 Å². The Morgan fingerprint density at radius 2 is 2.00 bits per heavy atom. The minimum Gasteiger partial charge on any atom is -0.467 e. The van der Waals surface area contributed by atoms with Crippen LogP contribution in [-0.4, -0.2) is 23.4 Å². The van der Waals surface area contributed by atoms with Gasteiger partial charge < -0.3 is 9.30 Å². The molecular weight excluding hydrogens is 242 g/mol.